The highest BCUT2D eigenvalue weighted by Crippen LogP contribution is 2.19. The van der Waals surface area contributed by atoms with E-state index in [2.05, 4.69) is 0 Å². The molecule has 0 fully saturated rings. The summed E-state index contributed by atoms with van der Waals surface area (Å²) in [6.45, 7) is 0. The van der Waals surface area contributed by atoms with Crippen LogP contribution >= 0.6 is 0 Å². The number of rotatable bonds is 8. The van der Waals surface area contributed by atoms with E-state index in [-0.39, 0.29) is 12.0 Å². The van der Waals surface area contributed by atoms with Gasteiger partial charge in [0, 0.05) is 38.0 Å². The first-order valence-corrected chi connectivity index (χ1v) is 8.35. The van der Waals surface area contributed by atoms with Gasteiger partial charge in [-0.2, -0.15) is 0 Å². The predicted octanol–water partition coefficient (Wildman–Crippen LogP) is 3.04. The van der Waals surface area contributed by atoms with Crippen LogP contribution in [-0.4, -0.2) is 27.8 Å². The van der Waals surface area contributed by atoms with E-state index in [0.29, 0.717) is 37.4 Å². The molecule has 0 unspecified atom stereocenters. The molecule has 0 saturated heterocycles. The zero-order valence-corrected chi connectivity index (χ0v) is 12.6. The van der Waals surface area contributed by atoms with Crippen molar-refractivity contribution in [3.63, 3.8) is 0 Å². The summed E-state index contributed by atoms with van der Waals surface area (Å²) in [7, 11) is -0.278. The lowest BCUT2D eigenvalue weighted by molar-refractivity contribution is 0.150. The second kappa shape index (κ2) is 7.77. The minimum Gasteiger partial charge on any atom is -0.390 e. The SMILES string of the molecule is CO[Si](O)(CCCCCc1c(F)cc(F)cc1F)OC. The highest BCUT2D eigenvalue weighted by atomic mass is 28.4. The van der Waals surface area contributed by atoms with Gasteiger partial charge >= 0.3 is 8.80 Å². The Hall–Kier alpha value is -0.893. The van der Waals surface area contributed by atoms with Gasteiger partial charge in [0.15, 0.2) is 0 Å². The molecule has 3 nitrogen and oxygen atoms in total. The van der Waals surface area contributed by atoms with Crippen molar-refractivity contribution in [3.8, 4) is 0 Å². The summed E-state index contributed by atoms with van der Waals surface area (Å²) in [5.74, 6) is -2.63. The third kappa shape index (κ3) is 4.90. The van der Waals surface area contributed by atoms with Crippen LogP contribution in [0.4, 0.5) is 13.2 Å². The van der Waals surface area contributed by atoms with Crippen molar-refractivity contribution in [2.75, 3.05) is 14.2 Å². The average Bonchev–Trinajstić information content (AvgIpc) is 2.40. The first-order valence-electron chi connectivity index (χ1n) is 6.38. The maximum absolute atomic E-state index is 13.4. The molecule has 20 heavy (non-hydrogen) atoms. The lowest BCUT2D eigenvalue weighted by atomic mass is 10.1. The second-order valence-electron chi connectivity index (χ2n) is 4.53. The fourth-order valence-corrected chi connectivity index (χ4v) is 3.20. The minimum atomic E-state index is -3.05. The van der Waals surface area contributed by atoms with Crippen molar-refractivity contribution >= 4 is 8.80 Å². The lowest BCUT2D eigenvalue weighted by Crippen LogP contribution is -2.39. The summed E-state index contributed by atoms with van der Waals surface area (Å²) in [4.78, 5) is 9.80. The maximum atomic E-state index is 13.4. The summed E-state index contributed by atoms with van der Waals surface area (Å²) in [5.41, 5.74) is -0.0996. The molecule has 1 rings (SSSR count). The van der Waals surface area contributed by atoms with Gasteiger partial charge < -0.3 is 13.6 Å². The quantitative estimate of drug-likeness (QED) is 0.592. The highest BCUT2D eigenvalue weighted by Gasteiger charge is 2.33. The second-order valence-corrected chi connectivity index (χ2v) is 7.27. The minimum absolute atomic E-state index is 0.0996. The Labute approximate surface area is 117 Å². The highest BCUT2D eigenvalue weighted by molar-refractivity contribution is 6.59. The van der Waals surface area contributed by atoms with Crippen LogP contribution < -0.4 is 0 Å². The van der Waals surface area contributed by atoms with Gasteiger partial charge in [-0.25, -0.2) is 13.2 Å². The molecule has 114 valence electrons. The van der Waals surface area contributed by atoms with E-state index >= 15 is 0 Å². The summed E-state index contributed by atoms with van der Waals surface area (Å²) in [5, 5.41) is 0. The standard InChI is InChI=1S/C13H19F3O3Si/c1-18-20(17,19-2)7-5-3-4-6-11-12(15)8-10(14)9-13(11)16/h8-9,17H,3-7H2,1-2H3. The molecule has 0 amide bonds. The third-order valence-electron chi connectivity index (χ3n) is 3.16. The third-order valence-corrected chi connectivity index (χ3v) is 5.42. The van der Waals surface area contributed by atoms with Crippen LogP contribution in [0.25, 0.3) is 0 Å². The molecule has 0 bridgehead atoms. The smallest absolute Gasteiger partial charge is 0.390 e. The van der Waals surface area contributed by atoms with Gasteiger partial charge in [0.1, 0.15) is 17.5 Å². The summed E-state index contributed by atoms with van der Waals surface area (Å²) in [6.07, 6.45) is 2.03. The Morgan fingerprint density at radius 1 is 1.00 bits per heavy atom. The van der Waals surface area contributed by atoms with Crippen LogP contribution in [-0.2, 0) is 15.3 Å². The molecule has 0 aliphatic carbocycles. The molecular formula is C13H19F3O3Si. The molecule has 0 aromatic heterocycles. The first kappa shape index (κ1) is 17.2. The monoisotopic (exact) mass is 308 g/mol. The van der Waals surface area contributed by atoms with Crippen LogP contribution in [0.15, 0.2) is 12.1 Å². The fourth-order valence-electron chi connectivity index (χ4n) is 1.93. The summed E-state index contributed by atoms with van der Waals surface area (Å²) >= 11 is 0. The lowest BCUT2D eigenvalue weighted by Gasteiger charge is -2.19. The van der Waals surface area contributed by atoms with Gasteiger partial charge in [-0.1, -0.05) is 6.42 Å². The van der Waals surface area contributed by atoms with Crippen LogP contribution in [0, 0.1) is 17.5 Å². The molecule has 0 radical (unpaired) electrons. The molecule has 1 N–H and O–H groups in total. The molecule has 0 saturated carbocycles. The Balaban J connectivity index is 2.39. The number of hydrogen-bond donors (Lipinski definition) is 1. The zero-order valence-electron chi connectivity index (χ0n) is 11.6. The van der Waals surface area contributed by atoms with Gasteiger partial charge in [-0.3, -0.25) is 0 Å². The van der Waals surface area contributed by atoms with Gasteiger partial charge in [-0.05, 0) is 19.3 Å². The van der Waals surface area contributed by atoms with Crippen LogP contribution in [0.5, 0.6) is 0 Å². The van der Waals surface area contributed by atoms with E-state index in [1.165, 1.54) is 14.2 Å². The van der Waals surface area contributed by atoms with Crippen LogP contribution in [0.3, 0.4) is 0 Å². The Bertz CT molecular complexity index is 416. The normalized spacial score (nSPS) is 11.9. The van der Waals surface area contributed by atoms with Crippen molar-refractivity contribution in [2.45, 2.75) is 31.7 Å². The Morgan fingerprint density at radius 2 is 1.55 bits per heavy atom. The van der Waals surface area contributed by atoms with Gasteiger partial charge in [-0.15, -0.1) is 0 Å². The number of hydrogen-bond acceptors (Lipinski definition) is 3. The largest absolute Gasteiger partial charge is 0.497 e. The molecular weight excluding hydrogens is 289 g/mol. The molecule has 7 heteroatoms. The van der Waals surface area contributed by atoms with Crippen molar-refractivity contribution in [1.29, 1.82) is 0 Å². The van der Waals surface area contributed by atoms with Crippen LogP contribution in [0.1, 0.15) is 24.8 Å². The van der Waals surface area contributed by atoms with E-state index in [4.69, 9.17) is 8.85 Å². The van der Waals surface area contributed by atoms with Gasteiger partial charge in [0.2, 0.25) is 0 Å². The molecule has 0 heterocycles. The van der Waals surface area contributed by atoms with E-state index in [1.54, 1.807) is 0 Å². The Kier molecular flexibility index (Phi) is 6.67. The van der Waals surface area contributed by atoms with Crippen molar-refractivity contribution in [3.05, 3.63) is 35.1 Å². The van der Waals surface area contributed by atoms with E-state index in [1.807, 2.05) is 0 Å². The van der Waals surface area contributed by atoms with Crippen molar-refractivity contribution in [1.82, 2.24) is 0 Å². The number of benzene rings is 1. The Morgan fingerprint density at radius 3 is 2.05 bits per heavy atom. The summed E-state index contributed by atoms with van der Waals surface area (Å²) < 4.78 is 49.3. The number of halogens is 3. The summed E-state index contributed by atoms with van der Waals surface area (Å²) in [6, 6.07) is 1.76. The maximum Gasteiger partial charge on any atom is 0.497 e. The molecule has 0 aliphatic heterocycles. The van der Waals surface area contributed by atoms with Crippen molar-refractivity contribution < 1.29 is 26.8 Å². The van der Waals surface area contributed by atoms with E-state index in [9.17, 15) is 18.0 Å². The average molecular weight is 308 g/mol. The topological polar surface area (TPSA) is 38.7 Å². The fraction of sp³-hybridized carbons (Fsp3) is 0.538. The molecule has 1 aromatic rings. The molecule has 0 spiro atoms. The first-order chi connectivity index (χ1) is 9.41. The van der Waals surface area contributed by atoms with Crippen molar-refractivity contribution in [2.24, 2.45) is 0 Å². The molecule has 1 aromatic carbocycles. The van der Waals surface area contributed by atoms with Crippen LogP contribution in [0.2, 0.25) is 6.04 Å². The van der Waals surface area contributed by atoms with E-state index in [0.717, 1.165) is 0 Å². The van der Waals surface area contributed by atoms with Gasteiger partial charge in [0.05, 0.1) is 0 Å². The van der Waals surface area contributed by atoms with Gasteiger partial charge in [0.25, 0.3) is 0 Å². The zero-order chi connectivity index (χ0) is 15.2. The predicted molar refractivity (Wildman–Crippen MR) is 70.7 cm³/mol. The molecule has 0 atom stereocenters. The molecule has 0 aliphatic rings. The van der Waals surface area contributed by atoms with E-state index < -0.39 is 26.3 Å². The number of unbranched alkanes of at least 4 members (excludes halogenated alkanes) is 2.